The highest BCUT2D eigenvalue weighted by Gasteiger charge is 2.21. The molecule has 114 valence electrons. The summed E-state index contributed by atoms with van der Waals surface area (Å²) in [7, 11) is 0. The first-order valence-corrected chi connectivity index (χ1v) is 7.44. The lowest BCUT2D eigenvalue weighted by atomic mass is 10.1. The molecule has 0 saturated heterocycles. The van der Waals surface area contributed by atoms with Crippen molar-refractivity contribution in [1.82, 2.24) is 5.32 Å². The first kappa shape index (κ1) is 15.4. The molecule has 1 aromatic rings. The average molecular weight is 289 g/mol. The molecule has 1 amide bonds. The maximum Gasteiger partial charge on any atom is 0.244 e. The molecule has 1 atom stereocenters. The third-order valence-corrected chi connectivity index (χ3v) is 3.17. The van der Waals surface area contributed by atoms with Crippen molar-refractivity contribution in [1.29, 1.82) is 0 Å². The van der Waals surface area contributed by atoms with Crippen LogP contribution < -0.4 is 14.8 Å². The molecule has 0 bridgehead atoms. The van der Waals surface area contributed by atoms with Crippen molar-refractivity contribution in [3.63, 3.8) is 0 Å². The molecule has 0 spiro atoms. The van der Waals surface area contributed by atoms with Gasteiger partial charge in [-0.3, -0.25) is 4.79 Å². The van der Waals surface area contributed by atoms with Gasteiger partial charge in [-0.15, -0.1) is 0 Å². The molecule has 1 aliphatic rings. The van der Waals surface area contributed by atoms with Gasteiger partial charge in [0, 0.05) is 29.7 Å². The fourth-order valence-electron chi connectivity index (χ4n) is 2.36. The highest BCUT2D eigenvalue weighted by Crippen LogP contribution is 2.35. The Morgan fingerprint density at radius 2 is 2.29 bits per heavy atom. The molecule has 0 aliphatic carbocycles. The van der Waals surface area contributed by atoms with Crippen LogP contribution >= 0.6 is 0 Å². The van der Waals surface area contributed by atoms with Gasteiger partial charge in [-0.1, -0.05) is 0 Å². The van der Waals surface area contributed by atoms with E-state index in [0.717, 1.165) is 29.0 Å². The number of fused-ring (bicyclic) bond motifs is 1. The van der Waals surface area contributed by atoms with Gasteiger partial charge in [0.2, 0.25) is 5.91 Å². The van der Waals surface area contributed by atoms with Crippen LogP contribution in [0, 0.1) is 0 Å². The number of benzene rings is 1. The van der Waals surface area contributed by atoms with Crippen molar-refractivity contribution in [2.75, 3.05) is 6.61 Å². The van der Waals surface area contributed by atoms with Gasteiger partial charge in [-0.25, -0.2) is 0 Å². The Morgan fingerprint density at radius 3 is 2.95 bits per heavy atom. The van der Waals surface area contributed by atoms with Gasteiger partial charge in [0.1, 0.15) is 17.6 Å². The second-order valence-corrected chi connectivity index (χ2v) is 5.56. The Balaban J connectivity index is 2.23. The molecule has 0 fully saturated rings. The number of hydrogen-bond acceptors (Lipinski definition) is 3. The molecule has 4 nitrogen and oxygen atoms in total. The summed E-state index contributed by atoms with van der Waals surface area (Å²) in [6.07, 6.45) is 4.39. The topological polar surface area (TPSA) is 47.6 Å². The van der Waals surface area contributed by atoms with Crippen LogP contribution in [0.15, 0.2) is 18.2 Å². The lowest BCUT2D eigenvalue weighted by Gasteiger charge is -2.10. The van der Waals surface area contributed by atoms with Crippen molar-refractivity contribution in [3.05, 3.63) is 29.3 Å². The monoisotopic (exact) mass is 289 g/mol. The fraction of sp³-hybridized carbons (Fsp3) is 0.471. The van der Waals surface area contributed by atoms with E-state index < -0.39 is 0 Å². The van der Waals surface area contributed by atoms with Gasteiger partial charge < -0.3 is 14.8 Å². The number of ether oxygens (including phenoxy) is 2. The van der Waals surface area contributed by atoms with E-state index in [-0.39, 0.29) is 18.1 Å². The Hall–Kier alpha value is -1.97. The number of amides is 1. The van der Waals surface area contributed by atoms with Crippen molar-refractivity contribution < 1.29 is 14.3 Å². The predicted octanol–water partition coefficient (Wildman–Crippen LogP) is 2.95. The molecule has 0 aromatic heterocycles. The van der Waals surface area contributed by atoms with E-state index in [1.165, 1.54) is 6.08 Å². The second kappa shape index (κ2) is 6.66. The molecule has 1 aromatic carbocycles. The third-order valence-electron chi connectivity index (χ3n) is 3.17. The van der Waals surface area contributed by atoms with Crippen molar-refractivity contribution in [2.45, 2.75) is 46.3 Å². The van der Waals surface area contributed by atoms with Gasteiger partial charge in [0.05, 0.1) is 6.61 Å². The van der Waals surface area contributed by atoms with Gasteiger partial charge >= 0.3 is 0 Å². The number of carbonyl (C=O) groups excluding carboxylic acids is 1. The largest absolute Gasteiger partial charge is 0.493 e. The van der Waals surface area contributed by atoms with E-state index in [4.69, 9.17) is 9.47 Å². The lowest BCUT2D eigenvalue weighted by molar-refractivity contribution is -0.116. The third kappa shape index (κ3) is 4.00. The van der Waals surface area contributed by atoms with E-state index >= 15 is 0 Å². The van der Waals surface area contributed by atoms with Crippen LogP contribution in [0.25, 0.3) is 6.08 Å². The summed E-state index contributed by atoms with van der Waals surface area (Å²) >= 11 is 0. The summed E-state index contributed by atoms with van der Waals surface area (Å²) in [4.78, 5) is 11.7. The Labute approximate surface area is 126 Å². The Morgan fingerprint density at radius 1 is 1.52 bits per heavy atom. The maximum atomic E-state index is 11.7. The fourth-order valence-corrected chi connectivity index (χ4v) is 2.36. The molecule has 1 aliphatic heterocycles. The van der Waals surface area contributed by atoms with Crippen LogP contribution in [0.1, 0.15) is 38.8 Å². The van der Waals surface area contributed by atoms with E-state index in [1.807, 2.05) is 39.8 Å². The molecule has 1 unspecified atom stereocenters. The number of rotatable bonds is 5. The quantitative estimate of drug-likeness (QED) is 0.848. The van der Waals surface area contributed by atoms with E-state index in [9.17, 15) is 4.79 Å². The zero-order chi connectivity index (χ0) is 15.4. The minimum Gasteiger partial charge on any atom is -0.493 e. The normalized spacial score (nSPS) is 16.9. The molecule has 0 saturated carbocycles. The summed E-state index contributed by atoms with van der Waals surface area (Å²) in [5.74, 6) is 1.57. The van der Waals surface area contributed by atoms with Crippen LogP contribution in [0.4, 0.5) is 0 Å². The standard InChI is InChI=1S/C17H23NO3/c1-5-20-15-10-14-8-12(4)21-16(14)9-13(15)6-7-17(19)18-11(2)3/h6-7,9-12H,5,8H2,1-4H3,(H,18,19)/b7-6+. The van der Waals surface area contributed by atoms with Gasteiger partial charge in [0.25, 0.3) is 0 Å². The minimum absolute atomic E-state index is 0.109. The number of hydrogen-bond donors (Lipinski definition) is 1. The Bertz CT molecular complexity index is 549. The molecular formula is C17H23NO3. The minimum atomic E-state index is -0.109. The SMILES string of the molecule is CCOc1cc2c(cc1/C=C/C(=O)NC(C)C)OC(C)C2. The molecular weight excluding hydrogens is 266 g/mol. The van der Waals surface area contributed by atoms with Gasteiger partial charge in [-0.05, 0) is 45.9 Å². The first-order chi connectivity index (χ1) is 9.99. The van der Waals surface area contributed by atoms with Crippen molar-refractivity contribution >= 4 is 12.0 Å². The summed E-state index contributed by atoms with van der Waals surface area (Å²) in [6.45, 7) is 8.45. The zero-order valence-electron chi connectivity index (χ0n) is 13.1. The maximum absolute atomic E-state index is 11.7. The van der Waals surface area contributed by atoms with E-state index in [1.54, 1.807) is 6.08 Å². The summed E-state index contributed by atoms with van der Waals surface area (Å²) in [6, 6.07) is 4.09. The van der Waals surface area contributed by atoms with Crippen molar-refractivity contribution in [3.8, 4) is 11.5 Å². The molecule has 4 heteroatoms. The van der Waals surface area contributed by atoms with Crippen LogP contribution in [0.3, 0.4) is 0 Å². The highest BCUT2D eigenvalue weighted by atomic mass is 16.5. The van der Waals surface area contributed by atoms with Gasteiger partial charge in [-0.2, -0.15) is 0 Å². The summed E-state index contributed by atoms with van der Waals surface area (Å²) in [5.41, 5.74) is 2.03. The second-order valence-electron chi connectivity index (χ2n) is 5.56. The van der Waals surface area contributed by atoms with Crippen LogP contribution in [-0.4, -0.2) is 24.7 Å². The predicted molar refractivity (Wildman–Crippen MR) is 83.7 cm³/mol. The zero-order valence-corrected chi connectivity index (χ0v) is 13.1. The molecule has 1 heterocycles. The number of nitrogens with one attached hydrogen (secondary N) is 1. The molecule has 2 rings (SSSR count). The molecule has 21 heavy (non-hydrogen) atoms. The van der Waals surface area contributed by atoms with Crippen molar-refractivity contribution in [2.24, 2.45) is 0 Å². The lowest BCUT2D eigenvalue weighted by Crippen LogP contribution is -2.28. The van der Waals surface area contributed by atoms with E-state index in [2.05, 4.69) is 5.32 Å². The highest BCUT2D eigenvalue weighted by molar-refractivity contribution is 5.92. The number of carbonyl (C=O) groups is 1. The molecule has 0 radical (unpaired) electrons. The first-order valence-electron chi connectivity index (χ1n) is 7.44. The van der Waals surface area contributed by atoms with Gasteiger partial charge in [0.15, 0.2) is 0 Å². The summed E-state index contributed by atoms with van der Waals surface area (Å²) in [5, 5.41) is 2.83. The van der Waals surface area contributed by atoms with E-state index in [0.29, 0.717) is 6.61 Å². The Kier molecular flexibility index (Phi) is 4.89. The van der Waals surface area contributed by atoms with Crippen LogP contribution in [-0.2, 0) is 11.2 Å². The average Bonchev–Trinajstić information content (AvgIpc) is 2.74. The molecule has 1 N–H and O–H groups in total. The van der Waals surface area contributed by atoms with Crippen LogP contribution in [0.2, 0.25) is 0 Å². The smallest absolute Gasteiger partial charge is 0.244 e. The summed E-state index contributed by atoms with van der Waals surface area (Å²) < 4.78 is 11.4. The van der Waals surface area contributed by atoms with Crippen LogP contribution in [0.5, 0.6) is 11.5 Å².